The molecule has 1 atom stereocenters. The topological polar surface area (TPSA) is 40.5 Å². The van der Waals surface area contributed by atoms with Crippen LogP contribution in [0, 0.1) is 5.92 Å². The predicted molar refractivity (Wildman–Crippen MR) is 60.9 cm³/mol. The Balaban J connectivity index is 2.38. The minimum absolute atomic E-state index is 0.214. The van der Waals surface area contributed by atoms with Gasteiger partial charge >= 0.3 is 5.97 Å². The van der Waals surface area contributed by atoms with Gasteiger partial charge in [-0.15, -0.1) is 0 Å². The lowest BCUT2D eigenvalue weighted by atomic mass is 9.84. The van der Waals surface area contributed by atoms with Crippen molar-refractivity contribution in [2.24, 2.45) is 5.92 Å². The quantitative estimate of drug-likeness (QED) is 0.762. The van der Waals surface area contributed by atoms with Gasteiger partial charge < -0.3 is 10.0 Å². The molecule has 0 spiro atoms. The second-order valence-electron chi connectivity index (χ2n) is 4.96. The van der Waals surface area contributed by atoms with Crippen LogP contribution in [0.3, 0.4) is 0 Å². The minimum atomic E-state index is -0.676. The highest BCUT2D eigenvalue weighted by Gasteiger charge is 2.22. The fraction of sp³-hybridized carbons (Fsp3) is 0.917. The molecule has 0 aromatic carbocycles. The fourth-order valence-corrected chi connectivity index (χ4v) is 2.49. The van der Waals surface area contributed by atoms with Gasteiger partial charge in [-0.05, 0) is 26.4 Å². The van der Waals surface area contributed by atoms with Crippen molar-refractivity contribution in [3.8, 4) is 0 Å². The van der Waals surface area contributed by atoms with Crippen molar-refractivity contribution in [2.75, 3.05) is 14.1 Å². The first-order valence-electron chi connectivity index (χ1n) is 5.98. The van der Waals surface area contributed by atoms with E-state index < -0.39 is 5.97 Å². The summed E-state index contributed by atoms with van der Waals surface area (Å²) in [5.74, 6) is 0.0787. The van der Waals surface area contributed by atoms with Gasteiger partial charge in [0.15, 0.2) is 0 Å². The second kappa shape index (κ2) is 6.11. The second-order valence-corrected chi connectivity index (χ2v) is 4.96. The van der Waals surface area contributed by atoms with E-state index in [4.69, 9.17) is 5.11 Å². The Morgan fingerprint density at radius 3 is 2.40 bits per heavy atom. The molecule has 0 aromatic rings. The Kier molecular flexibility index (Phi) is 5.09. The van der Waals surface area contributed by atoms with Crippen molar-refractivity contribution in [3.63, 3.8) is 0 Å². The third-order valence-electron chi connectivity index (χ3n) is 3.47. The molecule has 3 nitrogen and oxygen atoms in total. The van der Waals surface area contributed by atoms with Crippen LogP contribution >= 0.6 is 0 Å². The first-order chi connectivity index (χ1) is 7.09. The molecule has 0 heterocycles. The zero-order chi connectivity index (χ0) is 11.3. The van der Waals surface area contributed by atoms with Gasteiger partial charge in [0.2, 0.25) is 0 Å². The summed E-state index contributed by atoms with van der Waals surface area (Å²) >= 11 is 0. The molecule has 0 radical (unpaired) electrons. The summed E-state index contributed by atoms with van der Waals surface area (Å²) in [5, 5.41) is 8.84. The van der Waals surface area contributed by atoms with Gasteiger partial charge in [-0.25, -0.2) is 0 Å². The molecule has 1 unspecified atom stereocenters. The molecule has 15 heavy (non-hydrogen) atoms. The van der Waals surface area contributed by atoms with Crippen molar-refractivity contribution in [1.29, 1.82) is 0 Å². The van der Waals surface area contributed by atoms with Gasteiger partial charge in [0, 0.05) is 6.04 Å². The molecule has 3 heteroatoms. The van der Waals surface area contributed by atoms with Gasteiger partial charge in [-0.1, -0.05) is 32.1 Å². The van der Waals surface area contributed by atoms with Gasteiger partial charge in [0.25, 0.3) is 0 Å². The van der Waals surface area contributed by atoms with Crippen LogP contribution in [0.25, 0.3) is 0 Å². The van der Waals surface area contributed by atoms with Gasteiger partial charge in [-0.2, -0.15) is 0 Å². The number of aliphatic carboxylic acids is 1. The first kappa shape index (κ1) is 12.5. The number of nitrogens with zero attached hydrogens (tertiary/aromatic N) is 1. The summed E-state index contributed by atoms with van der Waals surface area (Å²) in [4.78, 5) is 12.8. The normalized spacial score (nSPS) is 20.5. The van der Waals surface area contributed by atoms with Crippen LogP contribution in [0.15, 0.2) is 0 Å². The molecule has 0 amide bonds. The van der Waals surface area contributed by atoms with Gasteiger partial charge in [0.1, 0.15) is 0 Å². The van der Waals surface area contributed by atoms with E-state index in [2.05, 4.69) is 4.90 Å². The van der Waals surface area contributed by atoms with Crippen molar-refractivity contribution < 1.29 is 9.90 Å². The van der Waals surface area contributed by atoms with Crippen LogP contribution < -0.4 is 0 Å². The molecule has 1 aliphatic rings. The lowest BCUT2D eigenvalue weighted by Gasteiger charge is -2.29. The molecule has 1 saturated carbocycles. The van der Waals surface area contributed by atoms with Gasteiger partial charge in [0.05, 0.1) is 6.42 Å². The molecule has 1 aliphatic carbocycles. The highest BCUT2D eigenvalue weighted by Crippen LogP contribution is 2.28. The number of rotatable bonds is 5. The molecule has 1 rings (SSSR count). The summed E-state index contributed by atoms with van der Waals surface area (Å²) in [6.45, 7) is 0. The Morgan fingerprint density at radius 2 is 1.93 bits per heavy atom. The molecule has 88 valence electrons. The summed E-state index contributed by atoms with van der Waals surface area (Å²) in [5.41, 5.74) is 0. The fourth-order valence-electron chi connectivity index (χ4n) is 2.49. The summed E-state index contributed by atoms with van der Waals surface area (Å²) in [6.07, 6.45) is 7.95. The predicted octanol–water partition coefficient (Wildman–Crippen LogP) is 2.36. The van der Waals surface area contributed by atoms with Crippen LogP contribution in [0.5, 0.6) is 0 Å². The number of carboxylic acid groups (broad SMARTS) is 1. The Bertz CT molecular complexity index is 198. The van der Waals surface area contributed by atoms with E-state index in [1.54, 1.807) is 0 Å². The van der Waals surface area contributed by atoms with Gasteiger partial charge in [-0.3, -0.25) is 4.79 Å². The average Bonchev–Trinajstić information content (AvgIpc) is 2.17. The molecule has 1 N–H and O–H groups in total. The maximum absolute atomic E-state index is 10.7. The van der Waals surface area contributed by atoms with Crippen molar-refractivity contribution in [1.82, 2.24) is 4.90 Å². The lowest BCUT2D eigenvalue weighted by Crippen LogP contribution is -2.32. The molecule has 0 aromatic heterocycles. The standard InChI is InChI=1S/C12H23NO2/c1-13(2)11(9-12(14)15)8-10-6-4-3-5-7-10/h10-11H,3-9H2,1-2H3,(H,14,15). The maximum Gasteiger partial charge on any atom is 0.304 e. The van der Waals surface area contributed by atoms with E-state index >= 15 is 0 Å². The van der Waals surface area contributed by atoms with Crippen LogP contribution in [0.2, 0.25) is 0 Å². The smallest absolute Gasteiger partial charge is 0.304 e. The maximum atomic E-state index is 10.7. The summed E-state index contributed by atoms with van der Waals surface area (Å²) in [6, 6.07) is 0.214. The largest absolute Gasteiger partial charge is 0.481 e. The van der Waals surface area contributed by atoms with Crippen LogP contribution in [0.1, 0.15) is 44.9 Å². The van der Waals surface area contributed by atoms with E-state index in [1.807, 2.05) is 14.1 Å². The third kappa shape index (κ3) is 4.65. The molecule has 0 aliphatic heterocycles. The van der Waals surface area contributed by atoms with E-state index in [9.17, 15) is 4.79 Å². The van der Waals surface area contributed by atoms with E-state index in [1.165, 1.54) is 32.1 Å². The van der Waals surface area contributed by atoms with E-state index in [0.717, 1.165) is 12.3 Å². The molecular weight excluding hydrogens is 190 g/mol. The number of carboxylic acids is 1. The number of carbonyl (C=O) groups is 1. The van der Waals surface area contributed by atoms with Crippen molar-refractivity contribution in [3.05, 3.63) is 0 Å². The highest BCUT2D eigenvalue weighted by atomic mass is 16.4. The number of hydrogen-bond acceptors (Lipinski definition) is 2. The third-order valence-corrected chi connectivity index (χ3v) is 3.47. The molecule has 0 saturated heterocycles. The Morgan fingerprint density at radius 1 is 1.33 bits per heavy atom. The zero-order valence-corrected chi connectivity index (χ0v) is 9.91. The van der Waals surface area contributed by atoms with Crippen LogP contribution in [-0.2, 0) is 4.79 Å². The highest BCUT2D eigenvalue weighted by molar-refractivity contribution is 5.67. The van der Waals surface area contributed by atoms with E-state index in [-0.39, 0.29) is 12.5 Å². The van der Waals surface area contributed by atoms with Crippen molar-refractivity contribution >= 4 is 5.97 Å². The lowest BCUT2D eigenvalue weighted by molar-refractivity contribution is -0.138. The average molecular weight is 213 g/mol. The SMILES string of the molecule is CN(C)C(CC(=O)O)CC1CCCCC1. The first-order valence-corrected chi connectivity index (χ1v) is 5.98. The summed E-state index contributed by atoms with van der Waals surface area (Å²) < 4.78 is 0. The Labute approximate surface area is 92.5 Å². The van der Waals surface area contributed by atoms with Crippen LogP contribution in [0.4, 0.5) is 0 Å². The zero-order valence-electron chi connectivity index (χ0n) is 9.91. The molecule has 0 bridgehead atoms. The molecule has 1 fully saturated rings. The Hall–Kier alpha value is -0.570. The van der Waals surface area contributed by atoms with Crippen molar-refractivity contribution in [2.45, 2.75) is 51.0 Å². The minimum Gasteiger partial charge on any atom is -0.481 e. The monoisotopic (exact) mass is 213 g/mol. The van der Waals surface area contributed by atoms with Crippen LogP contribution in [-0.4, -0.2) is 36.1 Å². The van der Waals surface area contributed by atoms with E-state index in [0.29, 0.717) is 0 Å². The summed E-state index contributed by atoms with van der Waals surface area (Å²) in [7, 11) is 3.97. The molecular formula is C12H23NO2. The number of hydrogen-bond donors (Lipinski definition) is 1.